The molecule has 68 heavy (non-hydrogen) atoms. The van der Waals surface area contributed by atoms with Gasteiger partial charge in [-0.1, -0.05) is 159 Å². The van der Waals surface area contributed by atoms with Crippen LogP contribution in [0, 0.1) is 5.92 Å². The summed E-state index contributed by atoms with van der Waals surface area (Å²) < 4.78 is 11.7. The highest BCUT2D eigenvalue weighted by atomic mass is 16.3. The summed E-state index contributed by atoms with van der Waals surface area (Å²) in [6.07, 6.45) is 1.67. The third-order valence-corrected chi connectivity index (χ3v) is 14.5. The van der Waals surface area contributed by atoms with Gasteiger partial charge in [-0.25, -0.2) is 4.99 Å². The van der Waals surface area contributed by atoms with E-state index in [2.05, 4.69) is 228 Å². The zero-order valence-electron chi connectivity index (χ0n) is 37.5. The first-order valence-corrected chi connectivity index (χ1v) is 23.7. The van der Waals surface area contributed by atoms with Crippen molar-refractivity contribution in [2.45, 2.75) is 25.8 Å². The summed E-state index contributed by atoms with van der Waals surface area (Å²) >= 11 is 0. The zero-order chi connectivity index (χ0) is 44.9. The summed E-state index contributed by atoms with van der Waals surface area (Å²) in [5.41, 5.74) is 12.9. The van der Waals surface area contributed by atoms with Crippen LogP contribution in [-0.2, 0) is 0 Å². The molecule has 0 saturated heterocycles. The van der Waals surface area contributed by atoms with Crippen molar-refractivity contribution in [3.63, 3.8) is 0 Å². The van der Waals surface area contributed by atoms with Crippen LogP contribution in [0.2, 0.25) is 0 Å². The van der Waals surface area contributed by atoms with Crippen molar-refractivity contribution in [1.29, 1.82) is 0 Å². The second-order valence-electron chi connectivity index (χ2n) is 18.5. The van der Waals surface area contributed by atoms with Gasteiger partial charge in [-0.05, 0) is 107 Å². The highest BCUT2D eigenvalue weighted by molar-refractivity contribution is 6.24. The molecule has 1 aliphatic rings. The third-order valence-electron chi connectivity index (χ3n) is 14.5. The van der Waals surface area contributed by atoms with Gasteiger partial charge in [0.05, 0.1) is 44.9 Å². The summed E-state index contributed by atoms with van der Waals surface area (Å²) in [5, 5.41) is 11.8. The van der Waals surface area contributed by atoms with Crippen molar-refractivity contribution in [1.82, 2.24) is 9.13 Å². The number of rotatable bonds is 5. The Balaban J connectivity index is 1.03. The Morgan fingerprint density at radius 1 is 0.456 bits per heavy atom. The highest BCUT2D eigenvalue weighted by Gasteiger charge is 2.29. The SMILES string of the molecule is CC1CCC(c2cccc3c2c2ccccc2n3-c2ccccc2)=NC(c2cccc3ccccc23)=NC1c1cc(-n2c3ccccc3c3cc4ccccc4cc32)c2c(c1)oc1ccccc12. The molecule has 2 atom stereocenters. The monoisotopic (exact) mass is 872 g/mol. The van der Waals surface area contributed by atoms with E-state index in [-0.39, 0.29) is 12.0 Å². The third kappa shape index (κ3) is 5.95. The molecular weight excluding hydrogens is 829 g/mol. The molecule has 0 N–H and O–H groups in total. The van der Waals surface area contributed by atoms with Crippen LogP contribution in [0.1, 0.15) is 42.5 Å². The molecule has 2 unspecified atom stereocenters. The molecule has 0 amide bonds. The predicted octanol–water partition coefficient (Wildman–Crippen LogP) is 16.5. The van der Waals surface area contributed by atoms with Gasteiger partial charge in [-0.15, -0.1) is 0 Å². The second-order valence-corrected chi connectivity index (χ2v) is 18.5. The van der Waals surface area contributed by atoms with E-state index in [4.69, 9.17) is 14.4 Å². The van der Waals surface area contributed by atoms with E-state index in [9.17, 15) is 0 Å². The van der Waals surface area contributed by atoms with Gasteiger partial charge >= 0.3 is 0 Å². The summed E-state index contributed by atoms with van der Waals surface area (Å²) in [5.74, 6) is 0.888. The molecule has 4 heterocycles. The van der Waals surface area contributed by atoms with E-state index < -0.39 is 0 Å². The molecule has 0 radical (unpaired) electrons. The normalized spacial score (nSPS) is 15.8. The van der Waals surface area contributed by atoms with E-state index in [1.165, 1.54) is 43.4 Å². The molecule has 3 aromatic heterocycles. The molecule has 0 fully saturated rings. The van der Waals surface area contributed by atoms with E-state index in [0.717, 1.165) is 96.2 Å². The number of hydrogen-bond donors (Lipinski definition) is 0. The molecule has 0 aliphatic carbocycles. The lowest BCUT2D eigenvalue weighted by molar-refractivity contribution is 0.446. The van der Waals surface area contributed by atoms with Crippen molar-refractivity contribution in [2.24, 2.45) is 15.9 Å². The number of furan rings is 1. The smallest absolute Gasteiger partial charge is 0.156 e. The topological polar surface area (TPSA) is 47.7 Å². The lowest BCUT2D eigenvalue weighted by Gasteiger charge is -2.26. The van der Waals surface area contributed by atoms with Gasteiger partial charge in [0.15, 0.2) is 5.84 Å². The molecule has 0 spiro atoms. The number of hydrogen-bond acceptors (Lipinski definition) is 3. The Bertz CT molecular complexity index is 4240. The van der Waals surface area contributed by atoms with Gasteiger partial charge in [0.25, 0.3) is 0 Å². The molecular formula is C63H44N4O. The van der Waals surface area contributed by atoms with Crippen LogP contribution in [-0.4, -0.2) is 20.7 Å². The van der Waals surface area contributed by atoms with Gasteiger partial charge in [-0.2, -0.15) is 0 Å². The largest absolute Gasteiger partial charge is 0.456 e. The van der Waals surface area contributed by atoms with Gasteiger partial charge in [-0.3, -0.25) is 4.99 Å². The van der Waals surface area contributed by atoms with Crippen molar-refractivity contribution in [2.75, 3.05) is 0 Å². The van der Waals surface area contributed by atoms with E-state index in [1.54, 1.807) is 0 Å². The first kappa shape index (κ1) is 38.7. The summed E-state index contributed by atoms with van der Waals surface area (Å²) in [6, 6.07) is 76.4. The van der Waals surface area contributed by atoms with Crippen LogP contribution in [0.4, 0.5) is 0 Å². The standard InChI is InChI=1S/C63H44N4O/c1-39-33-34-52(48-28-16-31-55-60(48)49-25-10-13-30-54(49)66(55)44-21-3-2-4-22-44)64-63(47-27-15-20-40-17-7-8-23-45(40)47)65-62(39)43-37-57(61-50-26-11-14-32-58(50)68-59(61)38-43)67-53-29-12-9-24-46(53)51-35-41-18-5-6-19-42(41)36-56(51)67/h2-32,35-39,62H,33-34H2,1H3. The number of amidine groups is 1. The maximum atomic E-state index is 6.87. The fourth-order valence-corrected chi connectivity index (χ4v) is 11.4. The van der Waals surface area contributed by atoms with Crippen LogP contribution in [0.3, 0.4) is 0 Å². The molecule has 0 saturated carbocycles. The van der Waals surface area contributed by atoms with Gasteiger partial charge in [0, 0.05) is 43.7 Å². The van der Waals surface area contributed by atoms with Crippen LogP contribution >= 0.6 is 0 Å². The minimum atomic E-state index is -0.227. The molecule has 5 nitrogen and oxygen atoms in total. The van der Waals surface area contributed by atoms with Gasteiger partial charge in [0.2, 0.25) is 0 Å². The van der Waals surface area contributed by atoms with Crippen LogP contribution < -0.4 is 0 Å². The molecule has 322 valence electrons. The molecule has 1 aliphatic heterocycles. The van der Waals surface area contributed by atoms with Crippen molar-refractivity contribution in [3.05, 3.63) is 229 Å². The summed E-state index contributed by atoms with van der Waals surface area (Å²) in [7, 11) is 0. The molecule has 0 bridgehead atoms. The summed E-state index contributed by atoms with van der Waals surface area (Å²) in [4.78, 5) is 11.7. The number of aliphatic imine (C=N–C) groups is 2. The van der Waals surface area contributed by atoms with Crippen molar-refractivity contribution in [3.8, 4) is 11.4 Å². The lowest BCUT2D eigenvalue weighted by Crippen LogP contribution is -2.18. The second kappa shape index (κ2) is 15.3. The minimum absolute atomic E-state index is 0.145. The van der Waals surface area contributed by atoms with Crippen LogP contribution in [0.15, 0.2) is 227 Å². The molecule has 14 rings (SSSR count). The number of fused-ring (bicyclic) bond motifs is 11. The molecule has 13 aromatic rings. The van der Waals surface area contributed by atoms with Crippen LogP contribution in [0.25, 0.3) is 98.5 Å². The maximum absolute atomic E-state index is 6.87. The van der Waals surface area contributed by atoms with Crippen LogP contribution in [0.5, 0.6) is 0 Å². The average molecular weight is 873 g/mol. The first-order chi connectivity index (χ1) is 33.6. The fraction of sp³-hybridized carbons (Fsp3) is 0.0794. The van der Waals surface area contributed by atoms with Gasteiger partial charge < -0.3 is 13.6 Å². The maximum Gasteiger partial charge on any atom is 0.156 e. The Morgan fingerprint density at radius 3 is 1.93 bits per heavy atom. The number of nitrogens with zero attached hydrogens (tertiary/aromatic N) is 4. The highest BCUT2D eigenvalue weighted by Crippen LogP contribution is 2.44. The Morgan fingerprint density at radius 2 is 1.09 bits per heavy atom. The summed E-state index contributed by atoms with van der Waals surface area (Å²) in [6.45, 7) is 2.37. The Labute approximate surface area is 392 Å². The number of para-hydroxylation sites is 4. The predicted molar refractivity (Wildman–Crippen MR) is 285 cm³/mol. The molecule has 10 aromatic carbocycles. The van der Waals surface area contributed by atoms with E-state index in [1.807, 2.05) is 0 Å². The quantitative estimate of drug-likeness (QED) is 0.170. The lowest BCUT2D eigenvalue weighted by atomic mass is 9.87. The fourth-order valence-electron chi connectivity index (χ4n) is 11.4. The minimum Gasteiger partial charge on any atom is -0.456 e. The number of aromatic nitrogens is 2. The number of benzene rings is 10. The van der Waals surface area contributed by atoms with E-state index in [0.29, 0.717) is 0 Å². The van der Waals surface area contributed by atoms with E-state index >= 15 is 0 Å². The Hall–Kier alpha value is -8.54. The average Bonchev–Trinajstić information content (AvgIpc) is 4.04. The molecule has 5 heteroatoms. The zero-order valence-corrected chi connectivity index (χ0v) is 37.5. The first-order valence-electron chi connectivity index (χ1n) is 23.7. The van der Waals surface area contributed by atoms with Gasteiger partial charge in [0.1, 0.15) is 11.2 Å². The Kier molecular flexibility index (Phi) is 8.69. The van der Waals surface area contributed by atoms with Crippen molar-refractivity contribution < 1.29 is 4.42 Å². The van der Waals surface area contributed by atoms with Crippen molar-refractivity contribution >= 4 is 98.6 Å².